The van der Waals surface area contributed by atoms with E-state index >= 15 is 0 Å². The Kier molecular flexibility index (Phi) is 3.12. The van der Waals surface area contributed by atoms with Gasteiger partial charge in [0.1, 0.15) is 0 Å². The minimum absolute atomic E-state index is 0.268. The Labute approximate surface area is 74.9 Å². The smallest absolute Gasteiger partial charge is 0.225 e. The second-order valence-electron chi connectivity index (χ2n) is 3.64. The molecule has 1 saturated carbocycles. The van der Waals surface area contributed by atoms with Crippen LogP contribution in [0.1, 0.15) is 33.6 Å². The maximum Gasteiger partial charge on any atom is 0.225 e. The molecule has 0 aliphatic heterocycles. The molecule has 1 aliphatic carbocycles. The molecule has 0 heterocycles. The molecule has 2 heteroatoms. The first-order valence-corrected chi connectivity index (χ1v) is 4.99. The molecule has 70 valence electrons. The maximum atomic E-state index is 11.7. The Bertz CT molecular complexity index is 155. The fourth-order valence-corrected chi connectivity index (χ4v) is 1.62. The van der Waals surface area contributed by atoms with E-state index in [9.17, 15) is 4.79 Å². The first-order chi connectivity index (χ1) is 5.70. The lowest BCUT2D eigenvalue weighted by molar-refractivity contribution is -0.135. The Morgan fingerprint density at radius 1 is 1.42 bits per heavy atom. The summed E-state index contributed by atoms with van der Waals surface area (Å²) in [6.07, 6.45) is 2.52. The molecule has 0 bridgehead atoms. The highest BCUT2D eigenvalue weighted by molar-refractivity contribution is 5.79. The molecule has 1 unspecified atom stereocenters. The number of nitrogens with zero attached hydrogens (tertiary/aromatic N) is 1. The SMILES string of the molecule is CCN(CC)C(=O)C(C)C1CC1. The number of hydrogen-bond donors (Lipinski definition) is 0. The van der Waals surface area contributed by atoms with Crippen LogP contribution in [0.15, 0.2) is 0 Å². The van der Waals surface area contributed by atoms with E-state index in [1.165, 1.54) is 12.8 Å². The molecule has 1 rings (SSSR count). The molecule has 0 spiro atoms. The molecule has 2 nitrogen and oxygen atoms in total. The first-order valence-electron chi connectivity index (χ1n) is 4.99. The highest BCUT2D eigenvalue weighted by Crippen LogP contribution is 2.37. The van der Waals surface area contributed by atoms with Gasteiger partial charge in [-0.05, 0) is 32.6 Å². The lowest BCUT2D eigenvalue weighted by Gasteiger charge is -2.22. The van der Waals surface area contributed by atoms with Crippen molar-refractivity contribution in [3.05, 3.63) is 0 Å². The zero-order valence-corrected chi connectivity index (χ0v) is 8.34. The monoisotopic (exact) mass is 169 g/mol. The summed E-state index contributed by atoms with van der Waals surface area (Å²) in [4.78, 5) is 13.6. The molecule has 1 aliphatic rings. The highest BCUT2D eigenvalue weighted by atomic mass is 16.2. The average molecular weight is 169 g/mol. The summed E-state index contributed by atoms with van der Waals surface area (Å²) in [7, 11) is 0. The van der Waals surface area contributed by atoms with E-state index in [-0.39, 0.29) is 5.92 Å². The number of amides is 1. The van der Waals surface area contributed by atoms with Crippen molar-refractivity contribution >= 4 is 5.91 Å². The summed E-state index contributed by atoms with van der Waals surface area (Å²) < 4.78 is 0. The third-order valence-electron chi connectivity index (χ3n) is 2.79. The van der Waals surface area contributed by atoms with Crippen LogP contribution in [0, 0.1) is 11.8 Å². The molecule has 12 heavy (non-hydrogen) atoms. The van der Waals surface area contributed by atoms with Crippen LogP contribution in [-0.2, 0) is 4.79 Å². The number of hydrogen-bond acceptors (Lipinski definition) is 1. The summed E-state index contributed by atoms with van der Waals surface area (Å²) in [6.45, 7) is 7.86. The predicted octanol–water partition coefficient (Wildman–Crippen LogP) is 1.90. The normalized spacial score (nSPS) is 18.9. The zero-order chi connectivity index (χ0) is 9.14. The molecule has 0 saturated heterocycles. The minimum atomic E-state index is 0.268. The lowest BCUT2D eigenvalue weighted by atomic mass is 10.1. The van der Waals surface area contributed by atoms with E-state index in [0.717, 1.165) is 13.1 Å². The minimum Gasteiger partial charge on any atom is -0.343 e. The Hall–Kier alpha value is -0.530. The molecule has 0 aromatic rings. The molecule has 0 N–H and O–H groups in total. The first kappa shape index (κ1) is 9.56. The molecule has 0 aromatic carbocycles. The van der Waals surface area contributed by atoms with Crippen molar-refractivity contribution < 1.29 is 4.79 Å². The summed E-state index contributed by atoms with van der Waals surface area (Å²) in [5.41, 5.74) is 0. The van der Waals surface area contributed by atoms with Gasteiger partial charge in [-0.3, -0.25) is 4.79 Å². The van der Waals surface area contributed by atoms with E-state index in [1.54, 1.807) is 0 Å². The van der Waals surface area contributed by atoms with Gasteiger partial charge in [-0.2, -0.15) is 0 Å². The second kappa shape index (κ2) is 3.92. The van der Waals surface area contributed by atoms with Crippen molar-refractivity contribution in [1.29, 1.82) is 0 Å². The van der Waals surface area contributed by atoms with Crippen molar-refractivity contribution in [3.63, 3.8) is 0 Å². The zero-order valence-electron chi connectivity index (χ0n) is 8.34. The van der Waals surface area contributed by atoms with Gasteiger partial charge in [0.05, 0.1) is 0 Å². The van der Waals surface area contributed by atoms with Crippen molar-refractivity contribution in [1.82, 2.24) is 4.90 Å². The third-order valence-corrected chi connectivity index (χ3v) is 2.79. The maximum absolute atomic E-state index is 11.7. The average Bonchev–Trinajstić information content (AvgIpc) is 2.87. The van der Waals surface area contributed by atoms with Gasteiger partial charge in [0.25, 0.3) is 0 Å². The van der Waals surface area contributed by atoms with Gasteiger partial charge in [0.2, 0.25) is 5.91 Å². The van der Waals surface area contributed by atoms with Crippen molar-refractivity contribution in [2.75, 3.05) is 13.1 Å². The molecule has 1 atom stereocenters. The van der Waals surface area contributed by atoms with Crippen LogP contribution in [-0.4, -0.2) is 23.9 Å². The Morgan fingerprint density at radius 2 is 1.92 bits per heavy atom. The van der Waals surface area contributed by atoms with E-state index in [0.29, 0.717) is 11.8 Å². The largest absolute Gasteiger partial charge is 0.343 e. The summed E-state index contributed by atoms with van der Waals surface area (Å²) in [5, 5.41) is 0. The number of rotatable bonds is 4. The Morgan fingerprint density at radius 3 is 2.25 bits per heavy atom. The topological polar surface area (TPSA) is 20.3 Å². The fraction of sp³-hybridized carbons (Fsp3) is 0.900. The second-order valence-corrected chi connectivity index (χ2v) is 3.64. The van der Waals surface area contributed by atoms with E-state index < -0.39 is 0 Å². The highest BCUT2D eigenvalue weighted by Gasteiger charge is 2.33. The van der Waals surface area contributed by atoms with E-state index in [2.05, 4.69) is 6.92 Å². The molecule has 0 radical (unpaired) electrons. The quantitative estimate of drug-likeness (QED) is 0.629. The van der Waals surface area contributed by atoms with Crippen LogP contribution in [0.5, 0.6) is 0 Å². The molecular formula is C10H19NO. The summed E-state index contributed by atoms with van der Waals surface area (Å²) in [5.74, 6) is 1.31. The standard InChI is InChI=1S/C10H19NO/c1-4-11(5-2)10(12)8(3)9-6-7-9/h8-9H,4-7H2,1-3H3. The molecule has 1 fully saturated rings. The van der Waals surface area contributed by atoms with Crippen molar-refractivity contribution in [2.24, 2.45) is 11.8 Å². The predicted molar refractivity (Wildman–Crippen MR) is 49.8 cm³/mol. The van der Waals surface area contributed by atoms with Crippen LogP contribution in [0.4, 0.5) is 0 Å². The van der Waals surface area contributed by atoms with Gasteiger partial charge in [-0.25, -0.2) is 0 Å². The molecule has 1 amide bonds. The van der Waals surface area contributed by atoms with Crippen LogP contribution < -0.4 is 0 Å². The van der Waals surface area contributed by atoms with Gasteiger partial charge < -0.3 is 4.90 Å². The Balaban J connectivity index is 2.42. The van der Waals surface area contributed by atoms with Gasteiger partial charge in [-0.15, -0.1) is 0 Å². The van der Waals surface area contributed by atoms with Crippen LogP contribution in [0.25, 0.3) is 0 Å². The fourth-order valence-electron chi connectivity index (χ4n) is 1.62. The number of carbonyl (C=O) groups excluding carboxylic acids is 1. The number of carbonyl (C=O) groups is 1. The van der Waals surface area contributed by atoms with E-state index in [4.69, 9.17) is 0 Å². The lowest BCUT2D eigenvalue weighted by Crippen LogP contribution is -2.35. The summed E-state index contributed by atoms with van der Waals surface area (Å²) in [6, 6.07) is 0. The third kappa shape index (κ3) is 1.99. The van der Waals surface area contributed by atoms with Crippen molar-refractivity contribution in [2.45, 2.75) is 33.6 Å². The van der Waals surface area contributed by atoms with Gasteiger partial charge >= 0.3 is 0 Å². The van der Waals surface area contributed by atoms with Crippen LogP contribution >= 0.6 is 0 Å². The van der Waals surface area contributed by atoms with Crippen LogP contribution in [0.2, 0.25) is 0 Å². The van der Waals surface area contributed by atoms with Crippen molar-refractivity contribution in [3.8, 4) is 0 Å². The van der Waals surface area contributed by atoms with Gasteiger partial charge in [-0.1, -0.05) is 6.92 Å². The van der Waals surface area contributed by atoms with Gasteiger partial charge in [0, 0.05) is 19.0 Å². The van der Waals surface area contributed by atoms with Crippen LogP contribution in [0.3, 0.4) is 0 Å². The molecular weight excluding hydrogens is 150 g/mol. The summed E-state index contributed by atoms with van der Waals surface area (Å²) >= 11 is 0. The van der Waals surface area contributed by atoms with Gasteiger partial charge in [0.15, 0.2) is 0 Å². The molecule has 0 aromatic heterocycles. The van der Waals surface area contributed by atoms with E-state index in [1.807, 2.05) is 18.7 Å².